The monoisotopic (exact) mass is 273 g/mol. The molecular formula is C17H23NO2. The number of rotatable bonds is 4. The van der Waals surface area contributed by atoms with Crippen LogP contribution >= 0.6 is 0 Å². The van der Waals surface area contributed by atoms with Gasteiger partial charge in [0.05, 0.1) is 6.61 Å². The summed E-state index contributed by atoms with van der Waals surface area (Å²) in [4.78, 5) is 13.9. The molecule has 1 aliphatic heterocycles. The first-order valence-corrected chi connectivity index (χ1v) is 7.21. The number of amides is 1. The second-order valence-corrected chi connectivity index (χ2v) is 5.84. The fraction of sp³-hybridized carbons (Fsp3) is 0.471. The van der Waals surface area contributed by atoms with E-state index in [1.165, 1.54) is 5.56 Å². The molecule has 1 unspecified atom stereocenters. The molecule has 0 aliphatic carbocycles. The molecule has 0 spiro atoms. The molecule has 0 saturated carbocycles. The Balaban J connectivity index is 1.93. The van der Waals surface area contributed by atoms with E-state index in [1.54, 1.807) is 6.08 Å². The Kier molecular flexibility index (Phi) is 4.96. The van der Waals surface area contributed by atoms with E-state index in [1.807, 2.05) is 30.9 Å². The fourth-order valence-corrected chi connectivity index (χ4v) is 2.73. The third-order valence-corrected chi connectivity index (χ3v) is 3.71. The van der Waals surface area contributed by atoms with Gasteiger partial charge < -0.3 is 10.0 Å². The van der Waals surface area contributed by atoms with Gasteiger partial charge in [-0.05, 0) is 43.7 Å². The van der Waals surface area contributed by atoms with E-state index >= 15 is 0 Å². The maximum absolute atomic E-state index is 12.0. The van der Waals surface area contributed by atoms with E-state index < -0.39 is 0 Å². The van der Waals surface area contributed by atoms with Gasteiger partial charge >= 0.3 is 0 Å². The van der Waals surface area contributed by atoms with E-state index in [4.69, 9.17) is 5.11 Å². The minimum atomic E-state index is 0.0870. The average molecular weight is 273 g/mol. The van der Waals surface area contributed by atoms with Crippen LogP contribution in [-0.4, -0.2) is 29.0 Å². The van der Waals surface area contributed by atoms with Crippen LogP contribution in [0.25, 0.3) is 0 Å². The highest BCUT2D eigenvalue weighted by Crippen LogP contribution is 2.22. The number of aliphatic hydroxyl groups is 1. The summed E-state index contributed by atoms with van der Waals surface area (Å²) in [6.07, 6.45) is 3.76. The number of hydrogen-bond donors (Lipinski definition) is 1. The van der Waals surface area contributed by atoms with E-state index in [2.05, 4.69) is 12.1 Å². The molecule has 0 bridgehead atoms. The molecule has 1 aromatic carbocycles. The van der Waals surface area contributed by atoms with Crippen LogP contribution in [0.15, 0.2) is 35.9 Å². The first kappa shape index (κ1) is 14.8. The number of benzene rings is 1. The molecule has 0 aromatic heterocycles. The predicted molar refractivity (Wildman–Crippen MR) is 80.2 cm³/mol. The maximum Gasteiger partial charge on any atom is 0.246 e. The van der Waals surface area contributed by atoms with Crippen LogP contribution in [0.4, 0.5) is 0 Å². The van der Waals surface area contributed by atoms with Crippen molar-refractivity contribution >= 4 is 5.91 Å². The molecule has 1 aliphatic rings. The second kappa shape index (κ2) is 6.71. The van der Waals surface area contributed by atoms with Crippen LogP contribution < -0.4 is 0 Å². The van der Waals surface area contributed by atoms with Gasteiger partial charge in [-0.15, -0.1) is 0 Å². The quantitative estimate of drug-likeness (QED) is 0.856. The number of hydrogen-bond acceptors (Lipinski definition) is 2. The molecule has 108 valence electrons. The molecular weight excluding hydrogens is 250 g/mol. The molecule has 1 atom stereocenters. The van der Waals surface area contributed by atoms with E-state index in [9.17, 15) is 4.79 Å². The molecule has 0 radical (unpaired) electrons. The van der Waals surface area contributed by atoms with Crippen LogP contribution in [-0.2, 0) is 17.8 Å². The van der Waals surface area contributed by atoms with Crippen molar-refractivity contribution in [2.24, 2.45) is 5.92 Å². The highest BCUT2D eigenvalue weighted by molar-refractivity contribution is 5.88. The topological polar surface area (TPSA) is 40.5 Å². The Morgan fingerprint density at radius 2 is 2.15 bits per heavy atom. The molecule has 1 heterocycles. The number of carbonyl (C=O) groups excluding carboxylic acids is 1. The van der Waals surface area contributed by atoms with Gasteiger partial charge in [0.1, 0.15) is 0 Å². The van der Waals surface area contributed by atoms with Crippen LogP contribution in [0.2, 0.25) is 0 Å². The second-order valence-electron chi connectivity index (χ2n) is 5.84. The fourth-order valence-electron chi connectivity index (χ4n) is 2.73. The lowest BCUT2D eigenvalue weighted by Crippen LogP contribution is -2.27. The first-order chi connectivity index (χ1) is 9.58. The maximum atomic E-state index is 12.0. The third kappa shape index (κ3) is 3.94. The van der Waals surface area contributed by atoms with Crippen LogP contribution in [0.3, 0.4) is 0 Å². The Hall–Kier alpha value is -1.61. The van der Waals surface area contributed by atoms with Gasteiger partial charge in [-0.25, -0.2) is 0 Å². The number of likely N-dealkylation sites (tertiary alicyclic amines) is 1. The van der Waals surface area contributed by atoms with Crippen molar-refractivity contribution in [3.05, 3.63) is 47.0 Å². The molecule has 1 fully saturated rings. The molecule has 1 N–H and O–H groups in total. The highest BCUT2D eigenvalue weighted by Gasteiger charge is 2.25. The van der Waals surface area contributed by atoms with Gasteiger partial charge in [0.15, 0.2) is 0 Å². The Bertz CT molecular complexity index is 503. The summed E-state index contributed by atoms with van der Waals surface area (Å²) in [5.74, 6) is 0.662. The zero-order chi connectivity index (χ0) is 14.5. The first-order valence-electron chi connectivity index (χ1n) is 7.21. The molecule has 20 heavy (non-hydrogen) atoms. The van der Waals surface area contributed by atoms with Gasteiger partial charge in [-0.2, -0.15) is 0 Å². The van der Waals surface area contributed by atoms with E-state index in [0.29, 0.717) is 5.92 Å². The Morgan fingerprint density at radius 1 is 1.40 bits per heavy atom. The molecule has 2 rings (SSSR count). The van der Waals surface area contributed by atoms with Gasteiger partial charge in [-0.1, -0.05) is 29.8 Å². The number of aliphatic hydroxyl groups excluding tert-OH is 1. The van der Waals surface area contributed by atoms with Crippen molar-refractivity contribution in [3.8, 4) is 0 Å². The summed E-state index contributed by atoms with van der Waals surface area (Å²) in [6.45, 7) is 5.68. The molecule has 1 amide bonds. The van der Waals surface area contributed by atoms with Crippen LogP contribution in [0.1, 0.15) is 31.4 Å². The number of nitrogens with zero attached hydrogens (tertiary/aromatic N) is 1. The van der Waals surface area contributed by atoms with Gasteiger partial charge in [0.25, 0.3) is 0 Å². The van der Waals surface area contributed by atoms with Crippen LogP contribution in [0, 0.1) is 5.92 Å². The number of carbonyl (C=O) groups is 1. The van der Waals surface area contributed by atoms with Crippen LogP contribution in [0.5, 0.6) is 0 Å². The largest absolute Gasteiger partial charge is 0.392 e. The summed E-state index contributed by atoms with van der Waals surface area (Å²) in [5.41, 5.74) is 3.25. The van der Waals surface area contributed by atoms with Crippen molar-refractivity contribution in [2.45, 2.75) is 33.3 Å². The van der Waals surface area contributed by atoms with Gasteiger partial charge in [-0.3, -0.25) is 4.79 Å². The molecule has 3 heteroatoms. The summed E-state index contributed by atoms with van der Waals surface area (Å²) >= 11 is 0. The normalized spacial score (nSPS) is 18.1. The Morgan fingerprint density at radius 3 is 2.85 bits per heavy atom. The van der Waals surface area contributed by atoms with E-state index in [-0.39, 0.29) is 12.5 Å². The van der Waals surface area contributed by atoms with Crippen molar-refractivity contribution in [1.82, 2.24) is 4.90 Å². The standard InChI is InChI=1S/C17H23NO2/c1-13(2)8-17(20)18-7-6-15(11-18)9-14-4-3-5-16(10-14)12-19/h3-5,8,10,15,19H,6-7,9,11-12H2,1-2H3. The smallest absolute Gasteiger partial charge is 0.246 e. The zero-order valence-corrected chi connectivity index (χ0v) is 12.3. The summed E-state index contributed by atoms with van der Waals surface area (Å²) in [6, 6.07) is 8.07. The minimum Gasteiger partial charge on any atom is -0.392 e. The Labute approximate surface area is 120 Å². The molecule has 3 nitrogen and oxygen atoms in total. The zero-order valence-electron chi connectivity index (χ0n) is 12.3. The molecule has 1 saturated heterocycles. The summed E-state index contributed by atoms with van der Waals surface area (Å²) in [7, 11) is 0. The predicted octanol–water partition coefficient (Wildman–Crippen LogP) is 2.54. The van der Waals surface area contributed by atoms with Crippen molar-refractivity contribution in [2.75, 3.05) is 13.1 Å². The highest BCUT2D eigenvalue weighted by atomic mass is 16.3. The van der Waals surface area contributed by atoms with Gasteiger partial charge in [0, 0.05) is 19.2 Å². The average Bonchev–Trinajstić information content (AvgIpc) is 2.87. The SMILES string of the molecule is CC(C)=CC(=O)N1CCC(Cc2cccc(CO)c2)C1. The van der Waals surface area contributed by atoms with Crippen molar-refractivity contribution in [1.29, 1.82) is 0 Å². The van der Waals surface area contributed by atoms with Gasteiger partial charge in [0.2, 0.25) is 5.91 Å². The number of allylic oxidation sites excluding steroid dienone is 1. The lowest BCUT2D eigenvalue weighted by atomic mass is 9.97. The van der Waals surface area contributed by atoms with Crippen molar-refractivity contribution < 1.29 is 9.90 Å². The van der Waals surface area contributed by atoms with Crippen molar-refractivity contribution in [3.63, 3.8) is 0 Å². The molecule has 1 aromatic rings. The summed E-state index contributed by atoms with van der Waals surface area (Å²) < 4.78 is 0. The van der Waals surface area contributed by atoms with E-state index in [0.717, 1.165) is 37.1 Å². The summed E-state index contributed by atoms with van der Waals surface area (Å²) in [5, 5.41) is 9.16. The third-order valence-electron chi connectivity index (χ3n) is 3.71. The lowest BCUT2D eigenvalue weighted by Gasteiger charge is -2.15. The minimum absolute atomic E-state index is 0.0870. The lowest BCUT2D eigenvalue weighted by molar-refractivity contribution is -0.125.